The predicted molar refractivity (Wildman–Crippen MR) is 64.5 cm³/mol. The summed E-state index contributed by atoms with van der Waals surface area (Å²) >= 11 is 0. The lowest BCUT2D eigenvalue weighted by atomic mass is 10.1. The topological polar surface area (TPSA) is 46.9 Å². The van der Waals surface area contributed by atoms with Crippen LogP contribution in [0.4, 0.5) is 0 Å². The number of rotatable bonds is 7. The molecule has 0 unspecified atom stereocenters. The summed E-state index contributed by atoms with van der Waals surface area (Å²) in [5.74, 6) is 0.296. The number of aromatic nitrogens is 2. The van der Waals surface area contributed by atoms with Crippen molar-refractivity contribution in [2.45, 2.75) is 39.7 Å². The summed E-state index contributed by atoms with van der Waals surface area (Å²) in [6.45, 7) is 5.73. The zero-order valence-electron chi connectivity index (χ0n) is 10.4. The van der Waals surface area contributed by atoms with Crippen molar-refractivity contribution in [3.8, 4) is 0 Å². The van der Waals surface area contributed by atoms with Gasteiger partial charge in [0.2, 0.25) is 0 Å². The van der Waals surface area contributed by atoms with Crippen molar-refractivity contribution < 1.29 is 4.79 Å². The van der Waals surface area contributed by atoms with Gasteiger partial charge < -0.3 is 5.32 Å². The Morgan fingerprint density at radius 1 is 1.56 bits per heavy atom. The first-order chi connectivity index (χ1) is 7.67. The maximum atomic E-state index is 11.7. The Kier molecular flexibility index (Phi) is 5.19. The molecule has 0 atom stereocenters. The fourth-order valence-corrected chi connectivity index (χ4v) is 1.77. The van der Waals surface area contributed by atoms with Crippen LogP contribution in [0.1, 0.15) is 31.2 Å². The van der Waals surface area contributed by atoms with Crippen LogP contribution in [0.5, 0.6) is 0 Å². The van der Waals surface area contributed by atoms with Gasteiger partial charge in [-0.3, -0.25) is 9.48 Å². The molecule has 0 aliphatic carbocycles. The Bertz CT molecular complexity index is 344. The van der Waals surface area contributed by atoms with Crippen molar-refractivity contribution >= 4 is 5.78 Å². The maximum Gasteiger partial charge on any atom is 0.138 e. The number of carbonyl (C=O) groups excluding carboxylic acids is 1. The van der Waals surface area contributed by atoms with E-state index >= 15 is 0 Å². The molecule has 1 N–H and O–H groups in total. The standard InChI is InChI=1S/C12H21N3O/c1-4-15-11(8-10(2)14-15)9-12(16)6-5-7-13-3/h8,13H,4-7,9H2,1-3H3. The quantitative estimate of drug-likeness (QED) is 0.709. The molecule has 1 rings (SSSR count). The number of ketones is 1. The van der Waals surface area contributed by atoms with E-state index in [2.05, 4.69) is 10.4 Å². The van der Waals surface area contributed by atoms with Gasteiger partial charge in [0.15, 0.2) is 0 Å². The predicted octanol–water partition coefficient (Wildman–Crippen LogP) is 1.32. The molecule has 0 bridgehead atoms. The SMILES string of the molecule is CCn1nc(C)cc1CC(=O)CCCNC. The molecule has 0 saturated heterocycles. The van der Waals surface area contributed by atoms with E-state index < -0.39 is 0 Å². The zero-order valence-corrected chi connectivity index (χ0v) is 10.4. The Morgan fingerprint density at radius 3 is 2.94 bits per heavy atom. The summed E-state index contributed by atoms with van der Waals surface area (Å²) in [5.41, 5.74) is 2.02. The molecular weight excluding hydrogens is 202 g/mol. The Labute approximate surface area is 97.0 Å². The van der Waals surface area contributed by atoms with Crippen molar-refractivity contribution in [3.05, 3.63) is 17.5 Å². The zero-order chi connectivity index (χ0) is 12.0. The van der Waals surface area contributed by atoms with Gasteiger partial charge in [-0.2, -0.15) is 5.10 Å². The van der Waals surface area contributed by atoms with Crippen molar-refractivity contribution in [3.63, 3.8) is 0 Å². The Hall–Kier alpha value is -1.16. The summed E-state index contributed by atoms with van der Waals surface area (Å²) in [6, 6.07) is 2.00. The third kappa shape index (κ3) is 3.77. The van der Waals surface area contributed by atoms with Crippen molar-refractivity contribution in [1.82, 2.24) is 15.1 Å². The molecule has 0 spiro atoms. The van der Waals surface area contributed by atoms with Gasteiger partial charge in [-0.1, -0.05) is 0 Å². The second kappa shape index (κ2) is 6.43. The maximum absolute atomic E-state index is 11.7. The number of hydrogen-bond acceptors (Lipinski definition) is 3. The second-order valence-electron chi connectivity index (χ2n) is 4.02. The van der Waals surface area contributed by atoms with Crippen LogP contribution in [0.2, 0.25) is 0 Å². The van der Waals surface area contributed by atoms with E-state index in [-0.39, 0.29) is 0 Å². The Balaban J connectivity index is 2.48. The van der Waals surface area contributed by atoms with Crippen LogP contribution in [0.3, 0.4) is 0 Å². The molecule has 0 amide bonds. The van der Waals surface area contributed by atoms with E-state index in [0.717, 1.165) is 30.9 Å². The molecule has 0 fully saturated rings. The van der Waals surface area contributed by atoms with Gasteiger partial charge in [-0.15, -0.1) is 0 Å². The molecule has 1 heterocycles. The van der Waals surface area contributed by atoms with E-state index in [1.165, 1.54) is 0 Å². The van der Waals surface area contributed by atoms with E-state index in [0.29, 0.717) is 18.6 Å². The number of aryl methyl sites for hydroxylation is 2. The van der Waals surface area contributed by atoms with Crippen LogP contribution in [-0.2, 0) is 17.8 Å². The third-order valence-electron chi connectivity index (χ3n) is 2.55. The fraction of sp³-hybridized carbons (Fsp3) is 0.667. The largest absolute Gasteiger partial charge is 0.320 e. The van der Waals surface area contributed by atoms with Crippen LogP contribution < -0.4 is 5.32 Å². The molecule has 0 aliphatic rings. The molecule has 1 aromatic rings. The lowest BCUT2D eigenvalue weighted by Crippen LogP contribution is -2.13. The van der Waals surface area contributed by atoms with E-state index in [1.807, 2.05) is 31.6 Å². The minimum absolute atomic E-state index is 0.296. The minimum Gasteiger partial charge on any atom is -0.320 e. The number of nitrogens with one attached hydrogen (secondary N) is 1. The van der Waals surface area contributed by atoms with Gasteiger partial charge in [0.1, 0.15) is 5.78 Å². The molecular formula is C12H21N3O. The molecule has 4 heteroatoms. The molecule has 0 saturated carbocycles. The van der Waals surface area contributed by atoms with Gasteiger partial charge in [0.25, 0.3) is 0 Å². The molecule has 1 aromatic heterocycles. The molecule has 0 radical (unpaired) electrons. The second-order valence-corrected chi connectivity index (χ2v) is 4.02. The monoisotopic (exact) mass is 223 g/mol. The number of carbonyl (C=O) groups is 1. The highest BCUT2D eigenvalue weighted by atomic mass is 16.1. The first-order valence-electron chi connectivity index (χ1n) is 5.87. The van der Waals surface area contributed by atoms with Crippen LogP contribution in [0, 0.1) is 6.92 Å². The van der Waals surface area contributed by atoms with Gasteiger partial charge >= 0.3 is 0 Å². The molecule has 0 aliphatic heterocycles. The number of hydrogen-bond donors (Lipinski definition) is 1. The number of Topliss-reactive ketones (excluding diaryl/α,β-unsaturated/α-hetero) is 1. The van der Waals surface area contributed by atoms with Gasteiger partial charge in [0, 0.05) is 25.1 Å². The molecule has 16 heavy (non-hydrogen) atoms. The summed E-state index contributed by atoms with van der Waals surface area (Å²) in [5, 5.41) is 7.37. The Morgan fingerprint density at radius 2 is 2.31 bits per heavy atom. The molecule has 90 valence electrons. The summed E-state index contributed by atoms with van der Waals surface area (Å²) < 4.78 is 1.91. The van der Waals surface area contributed by atoms with Gasteiger partial charge in [-0.05, 0) is 39.9 Å². The van der Waals surface area contributed by atoms with Crippen LogP contribution >= 0.6 is 0 Å². The van der Waals surface area contributed by atoms with E-state index in [9.17, 15) is 4.79 Å². The van der Waals surface area contributed by atoms with Crippen LogP contribution in [0.15, 0.2) is 6.07 Å². The summed E-state index contributed by atoms with van der Waals surface area (Å²) in [7, 11) is 1.90. The van der Waals surface area contributed by atoms with E-state index in [4.69, 9.17) is 0 Å². The fourth-order valence-electron chi connectivity index (χ4n) is 1.77. The lowest BCUT2D eigenvalue weighted by molar-refractivity contribution is -0.118. The lowest BCUT2D eigenvalue weighted by Gasteiger charge is -2.03. The normalized spacial score (nSPS) is 10.7. The first kappa shape index (κ1) is 12.9. The van der Waals surface area contributed by atoms with Crippen molar-refractivity contribution in [1.29, 1.82) is 0 Å². The minimum atomic E-state index is 0.296. The summed E-state index contributed by atoms with van der Waals surface area (Å²) in [4.78, 5) is 11.7. The smallest absolute Gasteiger partial charge is 0.138 e. The number of nitrogens with zero attached hydrogens (tertiary/aromatic N) is 2. The first-order valence-corrected chi connectivity index (χ1v) is 5.87. The van der Waals surface area contributed by atoms with E-state index in [1.54, 1.807) is 0 Å². The van der Waals surface area contributed by atoms with Crippen LogP contribution in [-0.4, -0.2) is 29.2 Å². The summed E-state index contributed by atoms with van der Waals surface area (Å²) in [6.07, 6.45) is 2.07. The van der Waals surface area contributed by atoms with Gasteiger partial charge in [0.05, 0.1) is 5.69 Å². The van der Waals surface area contributed by atoms with Gasteiger partial charge in [-0.25, -0.2) is 0 Å². The molecule has 0 aromatic carbocycles. The highest BCUT2D eigenvalue weighted by molar-refractivity contribution is 5.80. The average Bonchev–Trinajstić information content (AvgIpc) is 2.59. The van der Waals surface area contributed by atoms with Crippen molar-refractivity contribution in [2.24, 2.45) is 0 Å². The third-order valence-corrected chi connectivity index (χ3v) is 2.55. The van der Waals surface area contributed by atoms with Crippen LogP contribution in [0.25, 0.3) is 0 Å². The highest BCUT2D eigenvalue weighted by Crippen LogP contribution is 2.06. The average molecular weight is 223 g/mol. The molecule has 4 nitrogen and oxygen atoms in total. The van der Waals surface area contributed by atoms with Crippen molar-refractivity contribution in [2.75, 3.05) is 13.6 Å². The highest BCUT2D eigenvalue weighted by Gasteiger charge is 2.09.